The molecule has 0 N–H and O–H groups in total. The average molecular weight is 320 g/mol. The van der Waals surface area contributed by atoms with Crippen LogP contribution < -0.4 is 4.90 Å². The maximum Gasteiger partial charge on any atom is 0.157 e. The minimum absolute atomic E-state index is 0.0135. The van der Waals surface area contributed by atoms with E-state index in [0.29, 0.717) is 6.04 Å². The summed E-state index contributed by atoms with van der Waals surface area (Å²) in [4.78, 5) is 4.74. The van der Waals surface area contributed by atoms with E-state index >= 15 is 0 Å². The van der Waals surface area contributed by atoms with Crippen LogP contribution in [-0.2, 0) is 9.47 Å². The summed E-state index contributed by atoms with van der Waals surface area (Å²) in [5.41, 5.74) is 0. The SMILES string of the molecule is CN(CCO[C@H]1CCCCO1)[C@@H]1CCCN(c2cccnn2)C1. The van der Waals surface area contributed by atoms with Gasteiger partial charge in [0.15, 0.2) is 12.1 Å². The lowest BCUT2D eigenvalue weighted by Crippen LogP contribution is -2.47. The fourth-order valence-electron chi connectivity index (χ4n) is 3.34. The van der Waals surface area contributed by atoms with E-state index in [0.717, 1.165) is 45.1 Å². The number of likely N-dealkylation sites (N-methyl/N-ethyl adjacent to an activating group) is 1. The predicted octanol–water partition coefficient (Wildman–Crippen LogP) is 1.92. The lowest BCUT2D eigenvalue weighted by atomic mass is 10.0. The summed E-state index contributed by atoms with van der Waals surface area (Å²) in [7, 11) is 2.19. The first-order chi connectivity index (χ1) is 11.3. The van der Waals surface area contributed by atoms with Gasteiger partial charge in [0.25, 0.3) is 0 Å². The van der Waals surface area contributed by atoms with Gasteiger partial charge in [-0.2, -0.15) is 5.10 Å². The minimum Gasteiger partial charge on any atom is -0.354 e. The van der Waals surface area contributed by atoms with Crippen LogP contribution in [-0.4, -0.2) is 67.3 Å². The Kier molecular flexibility index (Phi) is 6.19. The third-order valence-electron chi connectivity index (χ3n) is 4.79. The maximum absolute atomic E-state index is 5.86. The summed E-state index contributed by atoms with van der Waals surface area (Å²) in [6.07, 6.45) is 7.58. The Balaban J connectivity index is 1.42. The summed E-state index contributed by atoms with van der Waals surface area (Å²) < 4.78 is 11.5. The molecule has 1 aromatic rings. The van der Waals surface area contributed by atoms with Gasteiger partial charge in [-0.3, -0.25) is 4.90 Å². The molecule has 0 unspecified atom stereocenters. The topological polar surface area (TPSA) is 50.7 Å². The molecule has 2 saturated heterocycles. The van der Waals surface area contributed by atoms with Gasteiger partial charge in [0.05, 0.1) is 6.61 Å². The predicted molar refractivity (Wildman–Crippen MR) is 89.4 cm³/mol. The van der Waals surface area contributed by atoms with Gasteiger partial charge in [-0.05, 0) is 51.3 Å². The van der Waals surface area contributed by atoms with Crippen molar-refractivity contribution in [3.8, 4) is 0 Å². The third-order valence-corrected chi connectivity index (χ3v) is 4.79. The molecule has 2 fully saturated rings. The number of anilines is 1. The molecule has 0 aliphatic carbocycles. The molecule has 6 heteroatoms. The number of aromatic nitrogens is 2. The Labute approximate surface area is 138 Å². The highest BCUT2D eigenvalue weighted by molar-refractivity contribution is 5.37. The minimum atomic E-state index is 0.0135. The van der Waals surface area contributed by atoms with Gasteiger partial charge >= 0.3 is 0 Å². The fraction of sp³-hybridized carbons (Fsp3) is 0.765. The summed E-state index contributed by atoms with van der Waals surface area (Å²) in [5, 5.41) is 8.23. The molecule has 3 rings (SSSR count). The number of hydrogen-bond acceptors (Lipinski definition) is 6. The quantitative estimate of drug-likeness (QED) is 0.798. The number of rotatable bonds is 6. The summed E-state index contributed by atoms with van der Waals surface area (Å²) >= 11 is 0. The summed E-state index contributed by atoms with van der Waals surface area (Å²) in [5.74, 6) is 0.984. The van der Waals surface area contributed by atoms with E-state index in [1.165, 1.54) is 25.7 Å². The largest absolute Gasteiger partial charge is 0.354 e. The Hall–Kier alpha value is -1.24. The molecule has 23 heavy (non-hydrogen) atoms. The van der Waals surface area contributed by atoms with E-state index in [1.807, 2.05) is 12.1 Å². The van der Waals surface area contributed by atoms with Crippen LogP contribution in [0, 0.1) is 0 Å². The third kappa shape index (κ3) is 4.86. The summed E-state index contributed by atoms with van der Waals surface area (Å²) in [6, 6.07) is 4.54. The highest BCUT2D eigenvalue weighted by atomic mass is 16.7. The molecule has 6 nitrogen and oxygen atoms in total. The molecular formula is C17H28N4O2. The van der Waals surface area contributed by atoms with Gasteiger partial charge in [0.1, 0.15) is 0 Å². The molecule has 0 aromatic carbocycles. The average Bonchev–Trinajstić information content (AvgIpc) is 2.63. The number of piperidine rings is 1. The van der Waals surface area contributed by atoms with Crippen molar-refractivity contribution >= 4 is 5.82 Å². The Bertz CT molecular complexity index is 453. The van der Waals surface area contributed by atoms with Crippen molar-refractivity contribution in [3.05, 3.63) is 18.3 Å². The van der Waals surface area contributed by atoms with Crippen molar-refractivity contribution in [2.75, 3.05) is 44.8 Å². The van der Waals surface area contributed by atoms with E-state index in [2.05, 4.69) is 27.0 Å². The first-order valence-corrected chi connectivity index (χ1v) is 8.79. The van der Waals surface area contributed by atoms with Gasteiger partial charge < -0.3 is 14.4 Å². The molecule has 3 heterocycles. The lowest BCUT2D eigenvalue weighted by molar-refractivity contribution is -0.164. The van der Waals surface area contributed by atoms with Crippen LogP contribution in [0.2, 0.25) is 0 Å². The van der Waals surface area contributed by atoms with Gasteiger partial charge in [0, 0.05) is 38.5 Å². The molecule has 2 aliphatic heterocycles. The van der Waals surface area contributed by atoms with Crippen LogP contribution in [0.5, 0.6) is 0 Å². The maximum atomic E-state index is 5.86. The standard InChI is InChI=1S/C17H28N4O2/c1-20(11-13-23-17-8-2-3-12-22-17)15-6-5-10-21(14-15)16-7-4-9-18-19-16/h4,7,9,15,17H,2-3,5-6,8,10-14H2,1H3/t15-,17+/m1/s1. The molecule has 0 radical (unpaired) electrons. The normalized spacial score (nSPS) is 25.7. The Morgan fingerprint density at radius 2 is 2.30 bits per heavy atom. The van der Waals surface area contributed by atoms with E-state index in [-0.39, 0.29) is 6.29 Å². The smallest absolute Gasteiger partial charge is 0.157 e. The highest BCUT2D eigenvalue weighted by Gasteiger charge is 2.24. The second-order valence-corrected chi connectivity index (χ2v) is 6.47. The fourth-order valence-corrected chi connectivity index (χ4v) is 3.34. The first kappa shape index (κ1) is 16.6. The van der Waals surface area contributed by atoms with E-state index in [9.17, 15) is 0 Å². The van der Waals surface area contributed by atoms with Crippen molar-refractivity contribution in [2.45, 2.75) is 44.4 Å². The van der Waals surface area contributed by atoms with Crippen LogP contribution >= 0.6 is 0 Å². The monoisotopic (exact) mass is 320 g/mol. The van der Waals surface area contributed by atoms with E-state index in [4.69, 9.17) is 9.47 Å². The van der Waals surface area contributed by atoms with Crippen molar-refractivity contribution < 1.29 is 9.47 Å². The molecule has 0 amide bonds. The molecule has 0 spiro atoms. The van der Waals surface area contributed by atoms with Crippen molar-refractivity contribution in [1.82, 2.24) is 15.1 Å². The molecule has 1 aromatic heterocycles. The second kappa shape index (κ2) is 8.57. The lowest BCUT2D eigenvalue weighted by Gasteiger charge is -2.38. The van der Waals surface area contributed by atoms with Crippen molar-refractivity contribution in [1.29, 1.82) is 0 Å². The van der Waals surface area contributed by atoms with Gasteiger partial charge in [-0.1, -0.05) is 0 Å². The second-order valence-electron chi connectivity index (χ2n) is 6.47. The summed E-state index contributed by atoms with van der Waals surface area (Å²) in [6.45, 7) is 4.60. The van der Waals surface area contributed by atoms with Gasteiger partial charge in [-0.25, -0.2) is 0 Å². The molecular weight excluding hydrogens is 292 g/mol. The number of nitrogens with zero attached hydrogens (tertiary/aromatic N) is 4. The zero-order valence-corrected chi connectivity index (χ0v) is 14.1. The molecule has 2 atom stereocenters. The number of hydrogen-bond donors (Lipinski definition) is 0. The number of ether oxygens (including phenoxy) is 2. The van der Waals surface area contributed by atoms with Crippen LogP contribution in [0.4, 0.5) is 5.82 Å². The van der Waals surface area contributed by atoms with Crippen LogP contribution in [0.25, 0.3) is 0 Å². The zero-order valence-electron chi connectivity index (χ0n) is 14.1. The van der Waals surface area contributed by atoms with Crippen LogP contribution in [0.1, 0.15) is 32.1 Å². The van der Waals surface area contributed by atoms with Gasteiger partial charge in [-0.15, -0.1) is 5.10 Å². The zero-order chi connectivity index (χ0) is 15.9. The molecule has 0 saturated carbocycles. The molecule has 0 bridgehead atoms. The van der Waals surface area contributed by atoms with Crippen molar-refractivity contribution in [2.24, 2.45) is 0 Å². The van der Waals surface area contributed by atoms with Crippen LogP contribution in [0.15, 0.2) is 18.3 Å². The Morgan fingerprint density at radius 3 is 3.09 bits per heavy atom. The van der Waals surface area contributed by atoms with Crippen molar-refractivity contribution in [3.63, 3.8) is 0 Å². The van der Waals surface area contributed by atoms with E-state index in [1.54, 1.807) is 6.20 Å². The van der Waals surface area contributed by atoms with Gasteiger partial charge in [0.2, 0.25) is 0 Å². The first-order valence-electron chi connectivity index (χ1n) is 8.79. The van der Waals surface area contributed by atoms with E-state index < -0.39 is 0 Å². The van der Waals surface area contributed by atoms with Crippen LogP contribution in [0.3, 0.4) is 0 Å². The Morgan fingerprint density at radius 1 is 1.35 bits per heavy atom. The molecule has 2 aliphatic rings. The molecule has 128 valence electrons. The highest BCUT2D eigenvalue weighted by Crippen LogP contribution is 2.20.